The second-order valence-electron chi connectivity index (χ2n) is 5.15. The van der Waals surface area contributed by atoms with Crippen LogP contribution in [0.2, 0.25) is 0 Å². The molecule has 8 nitrogen and oxygen atoms in total. The van der Waals surface area contributed by atoms with Crippen molar-refractivity contribution in [3.63, 3.8) is 0 Å². The van der Waals surface area contributed by atoms with Crippen LogP contribution in [0.5, 0.6) is 0 Å². The fourth-order valence-corrected chi connectivity index (χ4v) is 2.41. The van der Waals surface area contributed by atoms with Gasteiger partial charge in [0.05, 0.1) is 5.56 Å². The summed E-state index contributed by atoms with van der Waals surface area (Å²) in [5.74, 6) is 1.26. The number of nitrogen functional groups attached to an aromatic ring is 1. The first-order valence-electron chi connectivity index (χ1n) is 7.29. The van der Waals surface area contributed by atoms with E-state index in [1.807, 2.05) is 6.07 Å². The van der Waals surface area contributed by atoms with Crippen molar-refractivity contribution in [1.29, 1.82) is 0 Å². The summed E-state index contributed by atoms with van der Waals surface area (Å²) in [6.45, 7) is 2.46. The van der Waals surface area contributed by atoms with Gasteiger partial charge in [-0.15, -0.1) is 0 Å². The smallest absolute Gasteiger partial charge is 0.260 e. The maximum Gasteiger partial charge on any atom is 0.260 e. The molecule has 2 aromatic heterocycles. The third kappa shape index (κ3) is 3.33. The molecular formula is C14H18N6O2. The molecule has 1 fully saturated rings. The summed E-state index contributed by atoms with van der Waals surface area (Å²) in [6.07, 6.45) is 4.44. The van der Waals surface area contributed by atoms with Crippen LogP contribution >= 0.6 is 0 Å². The van der Waals surface area contributed by atoms with Crippen molar-refractivity contribution in [2.75, 3.05) is 30.3 Å². The van der Waals surface area contributed by atoms with Gasteiger partial charge in [0.1, 0.15) is 5.82 Å². The van der Waals surface area contributed by atoms with Crippen molar-refractivity contribution in [2.24, 2.45) is 0 Å². The van der Waals surface area contributed by atoms with E-state index >= 15 is 0 Å². The molecule has 0 spiro atoms. The predicted molar refractivity (Wildman–Crippen MR) is 80.4 cm³/mol. The molecule has 3 N–H and O–H groups in total. The Morgan fingerprint density at radius 1 is 1.36 bits per heavy atom. The monoisotopic (exact) mass is 302 g/mol. The van der Waals surface area contributed by atoms with Crippen LogP contribution in [0.25, 0.3) is 0 Å². The number of carbonyl (C=O) groups excluding carboxylic acids is 1. The zero-order chi connectivity index (χ0) is 15.4. The second kappa shape index (κ2) is 6.42. The van der Waals surface area contributed by atoms with Gasteiger partial charge in [-0.2, -0.15) is 4.98 Å². The minimum absolute atomic E-state index is 0.100. The SMILES string of the molecule is Nc1noc(CCNC(=O)c2ccc(N3CCCC3)nc2)n1. The lowest BCUT2D eigenvalue weighted by molar-refractivity contribution is 0.0953. The number of carbonyl (C=O) groups is 1. The first kappa shape index (κ1) is 14.3. The molecular weight excluding hydrogens is 284 g/mol. The molecule has 1 aliphatic rings. The normalized spacial score (nSPS) is 14.3. The Morgan fingerprint density at radius 2 is 2.18 bits per heavy atom. The van der Waals surface area contributed by atoms with E-state index in [2.05, 4.69) is 25.3 Å². The van der Waals surface area contributed by atoms with Gasteiger partial charge >= 0.3 is 0 Å². The van der Waals surface area contributed by atoms with Crippen molar-refractivity contribution in [3.8, 4) is 0 Å². The van der Waals surface area contributed by atoms with E-state index in [0.29, 0.717) is 24.4 Å². The molecule has 1 saturated heterocycles. The molecule has 1 aliphatic heterocycles. The molecule has 0 unspecified atom stereocenters. The predicted octanol–water partition coefficient (Wildman–Crippen LogP) is 0.619. The number of nitrogens with two attached hydrogens (primary N) is 1. The van der Waals surface area contributed by atoms with E-state index in [1.54, 1.807) is 12.3 Å². The van der Waals surface area contributed by atoms with Crippen LogP contribution in [0.1, 0.15) is 29.1 Å². The first-order valence-corrected chi connectivity index (χ1v) is 7.29. The lowest BCUT2D eigenvalue weighted by Gasteiger charge is -2.16. The van der Waals surface area contributed by atoms with Gasteiger partial charge in [0.25, 0.3) is 11.9 Å². The number of amides is 1. The maximum atomic E-state index is 12.0. The summed E-state index contributed by atoms with van der Waals surface area (Å²) < 4.78 is 4.87. The summed E-state index contributed by atoms with van der Waals surface area (Å²) in [4.78, 5) is 22.5. The van der Waals surface area contributed by atoms with Crippen molar-refractivity contribution in [2.45, 2.75) is 19.3 Å². The highest BCUT2D eigenvalue weighted by Gasteiger charge is 2.14. The van der Waals surface area contributed by atoms with E-state index in [0.717, 1.165) is 18.9 Å². The molecule has 3 heterocycles. The molecule has 0 saturated carbocycles. The van der Waals surface area contributed by atoms with Crippen LogP contribution in [-0.4, -0.2) is 40.7 Å². The van der Waals surface area contributed by atoms with E-state index in [4.69, 9.17) is 10.3 Å². The van der Waals surface area contributed by atoms with E-state index in [9.17, 15) is 4.79 Å². The average molecular weight is 302 g/mol. The summed E-state index contributed by atoms with van der Waals surface area (Å²) in [5.41, 5.74) is 5.89. The van der Waals surface area contributed by atoms with E-state index in [-0.39, 0.29) is 11.9 Å². The number of nitrogens with one attached hydrogen (secondary N) is 1. The number of anilines is 2. The number of hydrogen-bond donors (Lipinski definition) is 2. The molecule has 0 aliphatic carbocycles. The molecule has 22 heavy (non-hydrogen) atoms. The van der Waals surface area contributed by atoms with Crippen LogP contribution in [-0.2, 0) is 6.42 Å². The van der Waals surface area contributed by atoms with Crippen molar-refractivity contribution in [3.05, 3.63) is 29.8 Å². The van der Waals surface area contributed by atoms with Crippen molar-refractivity contribution < 1.29 is 9.32 Å². The molecule has 116 valence electrons. The zero-order valence-electron chi connectivity index (χ0n) is 12.2. The highest BCUT2D eigenvalue weighted by molar-refractivity contribution is 5.94. The van der Waals surface area contributed by atoms with Gasteiger partial charge in [0.15, 0.2) is 0 Å². The summed E-state index contributed by atoms with van der Waals surface area (Å²) in [6, 6.07) is 3.68. The Bertz CT molecular complexity index is 633. The number of pyridine rings is 1. The van der Waals surface area contributed by atoms with E-state index in [1.165, 1.54) is 12.8 Å². The second-order valence-corrected chi connectivity index (χ2v) is 5.15. The van der Waals surface area contributed by atoms with Crippen molar-refractivity contribution in [1.82, 2.24) is 20.4 Å². The molecule has 0 bridgehead atoms. The molecule has 2 aromatic rings. The van der Waals surface area contributed by atoms with Gasteiger partial charge in [-0.3, -0.25) is 4.79 Å². The summed E-state index contributed by atoms with van der Waals surface area (Å²) >= 11 is 0. The Balaban J connectivity index is 1.51. The van der Waals surface area contributed by atoms with Gasteiger partial charge < -0.3 is 20.5 Å². The zero-order valence-corrected chi connectivity index (χ0v) is 12.2. The van der Waals surface area contributed by atoms with Crippen molar-refractivity contribution >= 4 is 17.7 Å². The molecule has 0 aromatic carbocycles. The van der Waals surface area contributed by atoms with Gasteiger partial charge in [-0.25, -0.2) is 4.98 Å². The Hall–Kier alpha value is -2.64. The van der Waals surface area contributed by atoms with Gasteiger partial charge in [-0.05, 0) is 30.1 Å². The third-order valence-electron chi connectivity index (χ3n) is 3.55. The summed E-state index contributed by atoms with van der Waals surface area (Å²) in [7, 11) is 0. The van der Waals surface area contributed by atoms with Crippen LogP contribution in [0.15, 0.2) is 22.9 Å². The Morgan fingerprint density at radius 3 is 2.82 bits per heavy atom. The molecule has 8 heteroatoms. The number of aromatic nitrogens is 3. The maximum absolute atomic E-state index is 12.0. The molecule has 1 amide bonds. The topological polar surface area (TPSA) is 110 Å². The minimum atomic E-state index is -0.173. The fourth-order valence-electron chi connectivity index (χ4n) is 2.41. The molecule has 0 radical (unpaired) electrons. The molecule has 3 rings (SSSR count). The van der Waals surface area contributed by atoms with Crippen LogP contribution in [0, 0.1) is 0 Å². The van der Waals surface area contributed by atoms with Crippen LogP contribution in [0.4, 0.5) is 11.8 Å². The highest BCUT2D eigenvalue weighted by atomic mass is 16.5. The first-order chi connectivity index (χ1) is 10.7. The standard InChI is InChI=1S/C14H18N6O2/c15-14-18-12(22-19-14)5-6-16-13(21)10-3-4-11(17-9-10)20-7-1-2-8-20/h3-4,9H,1-2,5-8H2,(H2,15,19)(H,16,21). The largest absolute Gasteiger partial charge is 0.365 e. The minimum Gasteiger partial charge on any atom is -0.365 e. The van der Waals surface area contributed by atoms with Gasteiger partial charge in [0.2, 0.25) is 5.89 Å². The van der Waals surface area contributed by atoms with Gasteiger partial charge in [-0.1, -0.05) is 0 Å². The lowest BCUT2D eigenvalue weighted by atomic mass is 10.2. The van der Waals surface area contributed by atoms with E-state index < -0.39 is 0 Å². The Labute approximate surface area is 127 Å². The summed E-state index contributed by atoms with van der Waals surface area (Å²) in [5, 5.41) is 6.27. The lowest BCUT2D eigenvalue weighted by Crippen LogP contribution is -2.26. The quantitative estimate of drug-likeness (QED) is 0.833. The third-order valence-corrected chi connectivity index (χ3v) is 3.55. The van der Waals surface area contributed by atoms with Crippen LogP contribution < -0.4 is 16.0 Å². The Kier molecular flexibility index (Phi) is 4.17. The van der Waals surface area contributed by atoms with Crippen LogP contribution in [0.3, 0.4) is 0 Å². The number of hydrogen-bond acceptors (Lipinski definition) is 7. The molecule has 0 atom stereocenters. The number of rotatable bonds is 5. The fraction of sp³-hybridized carbons (Fsp3) is 0.429. The average Bonchev–Trinajstić information content (AvgIpc) is 3.19. The number of nitrogens with zero attached hydrogens (tertiary/aromatic N) is 4. The van der Waals surface area contributed by atoms with Gasteiger partial charge in [0, 0.05) is 32.3 Å². The highest BCUT2D eigenvalue weighted by Crippen LogP contribution is 2.17.